The number of aryl methyl sites for hydroxylation is 1. The van der Waals surface area contributed by atoms with Crippen LogP contribution in [0.15, 0.2) is 12.1 Å². The van der Waals surface area contributed by atoms with Crippen molar-refractivity contribution in [2.75, 3.05) is 20.3 Å². The van der Waals surface area contributed by atoms with Crippen LogP contribution in [0.25, 0.3) is 0 Å². The summed E-state index contributed by atoms with van der Waals surface area (Å²) in [4.78, 5) is 11.8. The highest BCUT2D eigenvalue weighted by molar-refractivity contribution is 5.78. The predicted molar refractivity (Wildman–Crippen MR) is 85.8 cm³/mol. The Balaban J connectivity index is 2.33. The third-order valence-electron chi connectivity index (χ3n) is 4.07. The SMILES string of the molecule is COCC(=O)NC1CCOc2c(C)cc(C(N)C(C)C)cc21. The Morgan fingerprint density at radius 3 is 2.86 bits per heavy atom. The van der Waals surface area contributed by atoms with Crippen molar-refractivity contribution in [1.82, 2.24) is 5.32 Å². The predicted octanol–water partition coefficient (Wildman–Crippen LogP) is 2.24. The first-order chi connectivity index (χ1) is 10.4. The highest BCUT2D eigenvalue weighted by atomic mass is 16.5. The van der Waals surface area contributed by atoms with Crippen LogP contribution in [0.3, 0.4) is 0 Å². The smallest absolute Gasteiger partial charge is 0.246 e. The number of nitrogens with one attached hydrogen (secondary N) is 1. The second-order valence-corrected chi connectivity index (χ2v) is 6.22. The summed E-state index contributed by atoms with van der Waals surface area (Å²) in [5.41, 5.74) is 9.45. The fourth-order valence-corrected chi connectivity index (χ4v) is 2.81. The zero-order valence-electron chi connectivity index (χ0n) is 13.8. The van der Waals surface area contributed by atoms with Crippen LogP contribution in [-0.2, 0) is 9.53 Å². The van der Waals surface area contributed by atoms with E-state index in [0.717, 1.165) is 28.9 Å². The first-order valence-electron chi connectivity index (χ1n) is 7.75. The van der Waals surface area contributed by atoms with Crippen LogP contribution in [0.1, 0.15) is 49.0 Å². The van der Waals surface area contributed by atoms with E-state index in [0.29, 0.717) is 12.5 Å². The molecule has 1 amide bonds. The lowest BCUT2D eigenvalue weighted by Gasteiger charge is -2.29. The van der Waals surface area contributed by atoms with Crippen molar-refractivity contribution in [3.8, 4) is 5.75 Å². The Kier molecular flexibility index (Phi) is 5.42. The molecule has 5 heteroatoms. The molecule has 1 aromatic carbocycles. The number of benzene rings is 1. The third-order valence-corrected chi connectivity index (χ3v) is 4.07. The molecule has 1 aromatic rings. The van der Waals surface area contributed by atoms with Gasteiger partial charge in [0.15, 0.2) is 0 Å². The molecule has 22 heavy (non-hydrogen) atoms. The zero-order chi connectivity index (χ0) is 16.3. The average molecular weight is 306 g/mol. The number of amides is 1. The first kappa shape index (κ1) is 16.8. The molecule has 0 saturated heterocycles. The molecule has 0 aromatic heterocycles. The minimum absolute atomic E-state index is 0.0266. The number of fused-ring (bicyclic) bond motifs is 1. The standard InChI is InChI=1S/C17H26N2O3/c1-10(2)16(18)12-7-11(3)17-13(8-12)14(5-6-22-17)19-15(20)9-21-4/h7-8,10,14,16H,5-6,9,18H2,1-4H3,(H,19,20). The molecule has 0 radical (unpaired) electrons. The molecular weight excluding hydrogens is 280 g/mol. The van der Waals surface area contributed by atoms with Crippen molar-refractivity contribution in [2.45, 2.75) is 39.3 Å². The van der Waals surface area contributed by atoms with E-state index in [2.05, 4.69) is 31.3 Å². The van der Waals surface area contributed by atoms with Gasteiger partial charge in [-0.1, -0.05) is 19.9 Å². The van der Waals surface area contributed by atoms with Gasteiger partial charge in [-0.15, -0.1) is 0 Å². The Labute approximate surface area is 132 Å². The lowest BCUT2D eigenvalue weighted by atomic mass is 9.90. The molecule has 2 atom stereocenters. The molecular formula is C17H26N2O3. The molecule has 2 unspecified atom stereocenters. The van der Waals surface area contributed by atoms with E-state index in [1.165, 1.54) is 7.11 Å². The van der Waals surface area contributed by atoms with Gasteiger partial charge in [-0.3, -0.25) is 4.79 Å². The van der Waals surface area contributed by atoms with Crippen LogP contribution in [0, 0.1) is 12.8 Å². The molecule has 3 N–H and O–H groups in total. The van der Waals surface area contributed by atoms with E-state index in [-0.39, 0.29) is 24.6 Å². The summed E-state index contributed by atoms with van der Waals surface area (Å²) < 4.78 is 10.7. The molecule has 2 rings (SSSR count). The number of carbonyl (C=O) groups is 1. The molecule has 0 spiro atoms. The summed E-state index contributed by atoms with van der Waals surface area (Å²) in [6, 6.07) is 4.08. The third kappa shape index (κ3) is 3.59. The molecule has 0 fully saturated rings. The summed E-state index contributed by atoms with van der Waals surface area (Å²) in [6.07, 6.45) is 0.752. The summed E-state index contributed by atoms with van der Waals surface area (Å²) in [5.74, 6) is 1.11. The van der Waals surface area contributed by atoms with Gasteiger partial charge in [-0.05, 0) is 30.0 Å². The second-order valence-electron chi connectivity index (χ2n) is 6.22. The molecule has 0 saturated carbocycles. The van der Waals surface area contributed by atoms with Crippen LogP contribution in [0.4, 0.5) is 0 Å². The van der Waals surface area contributed by atoms with E-state index in [9.17, 15) is 4.79 Å². The van der Waals surface area contributed by atoms with E-state index in [4.69, 9.17) is 15.2 Å². The van der Waals surface area contributed by atoms with Gasteiger partial charge in [-0.25, -0.2) is 0 Å². The van der Waals surface area contributed by atoms with Gasteiger partial charge in [0.05, 0.1) is 12.6 Å². The Bertz CT molecular complexity index is 543. The van der Waals surface area contributed by atoms with Crippen LogP contribution >= 0.6 is 0 Å². The fraction of sp³-hybridized carbons (Fsp3) is 0.588. The number of carbonyl (C=O) groups excluding carboxylic acids is 1. The van der Waals surface area contributed by atoms with Crippen molar-refractivity contribution in [3.05, 3.63) is 28.8 Å². The number of nitrogens with two attached hydrogens (primary N) is 1. The first-order valence-corrected chi connectivity index (χ1v) is 7.75. The normalized spacial score (nSPS) is 18.5. The number of hydrogen-bond donors (Lipinski definition) is 2. The maximum Gasteiger partial charge on any atom is 0.246 e. The Morgan fingerprint density at radius 1 is 1.50 bits per heavy atom. The Morgan fingerprint density at radius 2 is 2.23 bits per heavy atom. The molecule has 1 aliphatic heterocycles. The lowest BCUT2D eigenvalue weighted by molar-refractivity contribution is -0.125. The quantitative estimate of drug-likeness (QED) is 0.875. The summed E-state index contributed by atoms with van der Waals surface area (Å²) in [7, 11) is 1.52. The van der Waals surface area contributed by atoms with Gasteiger partial charge in [0.1, 0.15) is 12.4 Å². The van der Waals surface area contributed by atoms with Gasteiger partial charge in [0.2, 0.25) is 5.91 Å². The van der Waals surface area contributed by atoms with Gasteiger partial charge in [-0.2, -0.15) is 0 Å². The summed E-state index contributed by atoms with van der Waals surface area (Å²) in [6.45, 7) is 6.90. The van der Waals surface area contributed by atoms with Crippen molar-refractivity contribution >= 4 is 5.91 Å². The minimum Gasteiger partial charge on any atom is -0.493 e. The topological polar surface area (TPSA) is 73.6 Å². The van der Waals surface area contributed by atoms with Crippen LogP contribution in [0.2, 0.25) is 0 Å². The van der Waals surface area contributed by atoms with Crippen LogP contribution < -0.4 is 15.8 Å². The van der Waals surface area contributed by atoms with E-state index in [1.807, 2.05) is 6.92 Å². The van der Waals surface area contributed by atoms with E-state index < -0.39 is 0 Å². The second kappa shape index (κ2) is 7.11. The largest absolute Gasteiger partial charge is 0.493 e. The van der Waals surface area contributed by atoms with Crippen molar-refractivity contribution in [2.24, 2.45) is 11.7 Å². The molecule has 1 aliphatic rings. The highest BCUT2D eigenvalue weighted by Gasteiger charge is 2.26. The zero-order valence-corrected chi connectivity index (χ0v) is 13.8. The molecule has 0 bridgehead atoms. The van der Waals surface area contributed by atoms with Gasteiger partial charge < -0.3 is 20.5 Å². The fourth-order valence-electron chi connectivity index (χ4n) is 2.81. The monoisotopic (exact) mass is 306 g/mol. The number of hydrogen-bond acceptors (Lipinski definition) is 4. The number of methoxy groups -OCH3 is 1. The maximum atomic E-state index is 11.8. The average Bonchev–Trinajstić information content (AvgIpc) is 2.47. The van der Waals surface area contributed by atoms with E-state index >= 15 is 0 Å². The maximum absolute atomic E-state index is 11.8. The van der Waals surface area contributed by atoms with Crippen LogP contribution in [0.5, 0.6) is 5.75 Å². The molecule has 122 valence electrons. The molecule has 5 nitrogen and oxygen atoms in total. The van der Waals surface area contributed by atoms with Crippen molar-refractivity contribution in [1.29, 1.82) is 0 Å². The minimum atomic E-state index is -0.114. The van der Waals surface area contributed by atoms with Crippen molar-refractivity contribution < 1.29 is 14.3 Å². The van der Waals surface area contributed by atoms with Crippen LogP contribution in [-0.4, -0.2) is 26.2 Å². The lowest BCUT2D eigenvalue weighted by Crippen LogP contribution is -2.34. The molecule has 0 aliphatic carbocycles. The van der Waals surface area contributed by atoms with Crippen molar-refractivity contribution in [3.63, 3.8) is 0 Å². The summed E-state index contributed by atoms with van der Waals surface area (Å²) >= 11 is 0. The van der Waals surface area contributed by atoms with Gasteiger partial charge >= 0.3 is 0 Å². The number of ether oxygens (including phenoxy) is 2. The van der Waals surface area contributed by atoms with Gasteiger partial charge in [0, 0.05) is 25.1 Å². The summed E-state index contributed by atoms with van der Waals surface area (Å²) in [5, 5.41) is 3.01. The highest BCUT2D eigenvalue weighted by Crippen LogP contribution is 2.37. The molecule has 1 heterocycles. The van der Waals surface area contributed by atoms with E-state index in [1.54, 1.807) is 0 Å². The Hall–Kier alpha value is -1.59. The number of rotatable bonds is 5. The van der Waals surface area contributed by atoms with Gasteiger partial charge in [0.25, 0.3) is 0 Å².